The van der Waals surface area contributed by atoms with Gasteiger partial charge in [0.1, 0.15) is 11.7 Å². The summed E-state index contributed by atoms with van der Waals surface area (Å²) < 4.78 is 13.2. The predicted molar refractivity (Wildman–Crippen MR) is 134 cm³/mol. The highest BCUT2D eigenvalue weighted by atomic mass is 79.9. The highest BCUT2D eigenvalue weighted by Gasteiger charge is 2.45. The summed E-state index contributed by atoms with van der Waals surface area (Å²) in [7, 11) is 0. The zero-order chi connectivity index (χ0) is 21.4. The molecular weight excluding hydrogens is 534 g/mol. The van der Waals surface area contributed by atoms with E-state index in [1.807, 2.05) is 11.8 Å². The maximum absolute atomic E-state index is 9.80. The molecule has 2 rings (SSSR count). The molecule has 7 unspecified atom stereocenters. The minimum Gasteiger partial charge on any atom is -0.495 e. The summed E-state index contributed by atoms with van der Waals surface area (Å²) >= 11 is 11.2. The summed E-state index contributed by atoms with van der Waals surface area (Å²) in [6.07, 6.45) is 7.04. The van der Waals surface area contributed by atoms with Gasteiger partial charge in [-0.3, -0.25) is 0 Å². The van der Waals surface area contributed by atoms with E-state index in [-0.39, 0.29) is 21.4 Å². The molecule has 0 bridgehead atoms. The van der Waals surface area contributed by atoms with Gasteiger partial charge in [0, 0.05) is 11.5 Å². The summed E-state index contributed by atoms with van der Waals surface area (Å²) in [6, 6.07) is 2.48. The molecule has 0 aromatic carbocycles. The van der Waals surface area contributed by atoms with Crippen molar-refractivity contribution in [1.82, 2.24) is 0 Å². The number of nitrogens with zero attached hydrogens (tertiary/aromatic N) is 1. The quantitative estimate of drug-likeness (QED) is 0.226. The van der Waals surface area contributed by atoms with Crippen LogP contribution < -0.4 is 0 Å². The molecule has 7 heteroatoms. The maximum Gasteiger partial charge on any atom is 0.126 e. The third-order valence-corrected chi connectivity index (χ3v) is 10.6. The lowest BCUT2D eigenvalue weighted by Gasteiger charge is -2.24. The molecule has 0 amide bonds. The molecule has 29 heavy (non-hydrogen) atoms. The molecule has 1 fully saturated rings. The Balaban J connectivity index is 2.17. The van der Waals surface area contributed by atoms with Crippen LogP contribution in [0.1, 0.15) is 66.2 Å². The Morgan fingerprint density at radius 2 is 1.97 bits per heavy atom. The maximum atomic E-state index is 9.80. The van der Waals surface area contributed by atoms with Gasteiger partial charge >= 0.3 is 0 Å². The number of unbranched alkanes of at least 4 members (excludes halogenated alkanes) is 1. The topological polar surface area (TPSA) is 42.2 Å². The molecule has 7 atom stereocenters. The fourth-order valence-corrected chi connectivity index (χ4v) is 8.25. The van der Waals surface area contributed by atoms with Crippen molar-refractivity contribution < 1.29 is 9.47 Å². The van der Waals surface area contributed by atoms with Crippen molar-refractivity contribution in [1.29, 1.82) is 5.26 Å². The second-order valence-electron chi connectivity index (χ2n) is 8.12. The number of nitriles is 1. The second kappa shape index (κ2) is 13.3. The van der Waals surface area contributed by atoms with Crippen molar-refractivity contribution in [3.63, 3.8) is 0 Å². The molecule has 0 saturated carbocycles. The van der Waals surface area contributed by atoms with Crippen LogP contribution in [0, 0.1) is 29.1 Å². The van der Waals surface area contributed by atoms with Gasteiger partial charge in [0.2, 0.25) is 0 Å². The Bertz CT molecular complexity index is 584. The largest absolute Gasteiger partial charge is 0.495 e. The Morgan fingerprint density at radius 1 is 1.21 bits per heavy atom. The molecule has 166 valence electrons. The van der Waals surface area contributed by atoms with Gasteiger partial charge in [-0.05, 0) is 24.7 Å². The lowest BCUT2D eigenvalue weighted by Crippen LogP contribution is -2.25. The van der Waals surface area contributed by atoms with E-state index in [2.05, 4.69) is 65.6 Å². The SMILES string of the molecule is CCCCC(CC)COC1=C(C2SC(Br)CC2OCC(C)CC)SC(Br)C1C#N. The van der Waals surface area contributed by atoms with Crippen LogP contribution in [0.4, 0.5) is 0 Å². The molecule has 0 N–H and O–H groups in total. The molecule has 0 radical (unpaired) electrons. The number of alkyl halides is 2. The summed E-state index contributed by atoms with van der Waals surface area (Å²) in [5, 5.41) is 10.0. The van der Waals surface area contributed by atoms with Crippen molar-refractivity contribution in [2.24, 2.45) is 17.8 Å². The van der Waals surface area contributed by atoms with Gasteiger partial charge in [-0.25, -0.2) is 0 Å². The van der Waals surface area contributed by atoms with E-state index >= 15 is 0 Å². The van der Waals surface area contributed by atoms with E-state index in [0.29, 0.717) is 22.6 Å². The van der Waals surface area contributed by atoms with Gasteiger partial charge in [0.15, 0.2) is 0 Å². The van der Waals surface area contributed by atoms with Crippen molar-refractivity contribution >= 4 is 55.4 Å². The normalized spacial score (nSPS) is 31.7. The van der Waals surface area contributed by atoms with Gasteiger partial charge in [0.05, 0.1) is 32.3 Å². The van der Waals surface area contributed by atoms with E-state index in [1.165, 1.54) is 24.2 Å². The number of halogens is 2. The Hall–Kier alpha value is 0.650. The highest BCUT2D eigenvalue weighted by Crippen LogP contribution is 2.54. The monoisotopic (exact) mass is 567 g/mol. The Labute approximate surface area is 202 Å². The first-order chi connectivity index (χ1) is 13.9. The Kier molecular flexibility index (Phi) is 11.8. The van der Waals surface area contributed by atoms with Gasteiger partial charge in [-0.2, -0.15) is 5.26 Å². The third kappa shape index (κ3) is 7.34. The average molecular weight is 569 g/mol. The van der Waals surface area contributed by atoms with E-state index in [9.17, 15) is 5.26 Å². The first-order valence-electron chi connectivity index (χ1n) is 10.9. The number of thioether (sulfide) groups is 2. The van der Waals surface area contributed by atoms with Crippen LogP contribution in [0.3, 0.4) is 0 Å². The lowest BCUT2D eigenvalue weighted by atomic mass is 10.0. The Morgan fingerprint density at radius 3 is 2.59 bits per heavy atom. The van der Waals surface area contributed by atoms with Gasteiger partial charge in [-0.1, -0.05) is 85.2 Å². The molecule has 0 aliphatic carbocycles. The van der Waals surface area contributed by atoms with Crippen LogP contribution in [-0.2, 0) is 9.47 Å². The number of allylic oxidation sites excluding steroid dienone is 1. The standard InChI is InChI=1S/C22H35Br2NO2S2/c1-5-8-9-15(7-3)13-27-19-16(11-25)22(24)29-21(19)20-17(10-18(23)28-20)26-12-14(4)6-2/h14-18,20,22H,5-10,12-13H2,1-4H3. The van der Waals surface area contributed by atoms with E-state index in [0.717, 1.165) is 31.6 Å². The number of hydrogen-bond acceptors (Lipinski definition) is 5. The van der Waals surface area contributed by atoms with Crippen LogP contribution in [-0.4, -0.2) is 32.9 Å². The highest BCUT2D eigenvalue weighted by molar-refractivity contribution is 9.11. The molecule has 2 heterocycles. The van der Waals surface area contributed by atoms with Crippen LogP contribution in [0.2, 0.25) is 0 Å². The zero-order valence-electron chi connectivity index (χ0n) is 18.0. The van der Waals surface area contributed by atoms with Crippen molar-refractivity contribution in [3.05, 3.63) is 10.7 Å². The lowest BCUT2D eigenvalue weighted by molar-refractivity contribution is 0.0370. The number of ether oxygens (including phenoxy) is 2. The summed E-state index contributed by atoms with van der Waals surface area (Å²) in [6.45, 7) is 10.4. The van der Waals surface area contributed by atoms with Gasteiger partial charge in [-0.15, -0.1) is 23.5 Å². The molecule has 2 aliphatic rings. The average Bonchev–Trinajstić information content (AvgIpc) is 3.24. The minimum absolute atomic E-state index is 0.0541. The van der Waals surface area contributed by atoms with Crippen LogP contribution in [0.25, 0.3) is 0 Å². The molecule has 0 aromatic heterocycles. The smallest absolute Gasteiger partial charge is 0.126 e. The van der Waals surface area contributed by atoms with Crippen LogP contribution >= 0.6 is 55.4 Å². The summed E-state index contributed by atoms with van der Waals surface area (Å²) in [5.41, 5.74) is 0. The molecule has 2 aliphatic heterocycles. The number of rotatable bonds is 12. The second-order valence-corrected chi connectivity index (χ2v) is 14.0. The summed E-state index contributed by atoms with van der Waals surface area (Å²) in [5.74, 6) is 1.78. The molecule has 0 spiro atoms. The minimum atomic E-state index is -0.233. The molecule has 1 saturated heterocycles. The van der Waals surface area contributed by atoms with Crippen molar-refractivity contribution in [3.8, 4) is 6.07 Å². The van der Waals surface area contributed by atoms with E-state index in [4.69, 9.17) is 9.47 Å². The van der Waals surface area contributed by atoms with E-state index < -0.39 is 0 Å². The van der Waals surface area contributed by atoms with Crippen LogP contribution in [0.5, 0.6) is 0 Å². The molecule has 3 nitrogen and oxygen atoms in total. The first kappa shape index (κ1) is 25.9. The molecular formula is C22H35Br2NO2S2. The fraction of sp³-hybridized carbons (Fsp3) is 0.864. The van der Waals surface area contributed by atoms with Crippen molar-refractivity contribution in [2.75, 3.05) is 13.2 Å². The van der Waals surface area contributed by atoms with E-state index in [1.54, 1.807) is 11.8 Å². The van der Waals surface area contributed by atoms with Gasteiger partial charge < -0.3 is 9.47 Å². The molecule has 0 aromatic rings. The first-order valence-corrected chi connectivity index (χ1v) is 14.6. The third-order valence-electron chi connectivity index (χ3n) is 5.78. The zero-order valence-corrected chi connectivity index (χ0v) is 22.8. The number of hydrogen-bond donors (Lipinski definition) is 0. The summed E-state index contributed by atoms with van der Waals surface area (Å²) in [4.78, 5) is 1.21. The fourth-order valence-electron chi connectivity index (χ4n) is 3.51. The van der Waals surface area contributed by atoms with Crippen molar-refractivity contribution in [2.45, 2.75) is 85.9 Å². The van der Waals surface area contributed by atoms with Gasteiger partial charge in [0.25, 0.3) is 0 Å². The predicted octanol–water partition coefficient (Wildman–Crippen LogP) is 7.70. The van der Waals surface area contributed by atoms with Crippen LogP contribution in [0.15, 0.2) is 10.7 Å².